The Morgan fingerprint density at radius 3 is 2.24 bits per heavy atom. The number of hydrogen-bond acceptors (Lipinski definition) is 3. The Morgan fingerprint density at radius 2 is 1.71 bits per heavy atom. The van der Waals surface area contributed by atoms with Gasteiger partial charge in [-0.1, -0.05) is 27.7 Å². The average Bonchev–Trinajstić information content (AvgIpc) is 2.37. The molecule has 0 aliphatic rings. The van der Waals surface area contributed by atoms with Crippen LogP contribution in [0.1, 0.15) is 64.3 Å². The zero-order valence-corrected chi connectivity index (χ0v) is 14.3. The number of ether oxygens (including phenoxy) is 1. The van der Waals surface area contributed by atoms with Gasteiger partial charge in [-0.2, -0.15) is 0 Å². The molecule has 0 unspecified atom stereocenters. The molecule has 0 fully saturated rings. The van der Waals surface area contributed by atoms with Gasteiger partial charge in [-0.3, -0.25) is 9.78 Å². The molecule has 0 aliphatic carbocycles. The third-order valence-electron chi connectivity index (χ3n) is 3.61. The fourth-order valence-corrected chi connectivity index (χ4v) is 2.32. The van der Waals surface area contributed by atoms with Crippen molar-refractivity contribution in [2.75, 3.05) is 0 Å². The summed E-state index contributed by atoms with van der Waals surface area (Å²) in [5, 5.41) is 0. The molecule has 1 aromatic heterocycles. The largest absolute Gasteiger partial charge is 0.424 e. The molecule has 0 saturated carbocycles. The molecule has 0 spiro atoms. The van der Waals surface area contributed by atoms with E-state index in [-0.39, 0.29) is 5.97 Å². The summed E-state index contributed by atoms with van der Waals surface area (Å²) < 4.78 is 5.45. The number of carbonyl (C=O) groups excluding carboxylic acids is 1. The van der Waals surface area contributed by atoms with E-state index in [0.29, 0.717) is 17.6 Å². The Bertz CT molecular complexity index is 478. The van der Waals surface area contributed by atoms with Crippen molar-refractivity contribution in [3.05, 3.63) is 23.0 Å². The second-order valence-electron chi connectivity index (χ2n) is 6.64. The van der Waals surface area contributed by atoms with Crippen molar-refractivity contribution in [1.29, 1.82) is 0 Å². The number of aromatic nitrogens is 1. The van der Waals surface area contributed by atoms with Gasteiger partial charge in [-0.25, -0.2) is 0 Å². The molecule has 0 atom stereocenters. The van der Waals surface area contributed by atoms with Crippen molar-refractivity contribution in [3.63, 3.8) is 0 Å². The Hall–Kier alpha value is -1.38. The molecule has 3 heteroatoms. The van der Waals surface area contributed by atoms with E-state index in [0.717, 1.165) is 31.4 Å². The second kappa shape index (κ2) is 8.16. The maximum atomic E-state index is 11.4. The van der Waals surface area contributed by atoms with E-state index in [9.17, 15) is 4.79 Å². The predicted octanol–water partition coefficient (Wildman–Crippen LogP) is 4.49. The van der Waals surface area contributed by atoms with Crippen LogP contribution in [-0.2, 0) is 17.6 Å². The number of rotatable bonds is 7. The van der Waals surface area contributed by atoms with Crippen molar-refractivity contribution in [1.82, 2.24) is 4.98 Å². The molecule has 0 aliphatic heterocycles. The molecule has 0 saturated heterocycles. The van der Waals surface area contributed by atoms with Gasteiger partial charge in [0.15, 0.2) is 5.75 Å². The summed E-state index contributed by atoms with van der Waals surface area (Å²) in [6.45, 7) is 12.2. The maximum Gasteiger partial charge on any atom is 0.308 e. The highest BCUT2D eigenvalue weighted by Gasteiger charge is 2.16. The standard InChI is InChI=1S/C18H29NO2/c1-12(2)7-9-16-11-19-14(5)18(21-15(6)20)17(16)10-8-13(3)4/h11-13H,7-10H2,1-6H3. The number of hydrogen-bond donors (Lipinski definition) is 0. The zero-order valence-electron chi connectivity index (χ0n) is 14.3. The Labute approximate surface area is 129 Å². The van der Waals surface area contributed by atoms with Crippen molar-refractivity contribution in [3.8, 4) is 5.75 Å². The third-order valence-corrected chi connectivity index (χ3v) is 3.61. The van der Waals surface area contributed by atoms with E-state index >= 15 is 0 Å². The van der Waals surface area contributed by atoms with Crippen LogP contribution in [0.4, 0.5) is 0 Å². The molecule has 3 nitrogen and oxygen atoms in total. The molecule has 0 radical (unpaired) electrons. The van der Waals surface area contributed by atoms with Gasteiger partial charge in [0.25, 0.3) is 0 Å². The molecule has 0 aromatic carbocycles. The first kappa shape index (κ1) is 17.7. The van der Waals surface area contributed by atoms with E-state index in [1.54, 1.807) is 0 Å². The van der Waals surface area contributed by atoms with Gasteiger partial charge in [-0.05, 0) is 50.0 Å². The van der Waals surface area contributed by atoms with Gasteiger partial charge in [0.05, 0.1) is 5.69 Å². The fraction of sp³-hybridized carbons (Fsp3) is 0.667. The summed E-state index contributed by atoms with van der Waals surface area (Å²) in [6, 6.07) is 0. The average molecular weight is 291 g/mol. The van der Waals surface area contributed by atoms with Gasteiger partial charge >= 0.3 is 5.97 Å². The summed E-state index contributed by atoms with van der Waals surface area (Å²) in [7, 11) is 0. The smallest absolute Gasteiger partial charge is 0.308 e. The fourth-order valence-electron chi connectivity index (χ4n) is 2.32. The maximum absolute atomic E-state index is 11.4. The van der Waals surface area contributed by atoms with E-state index in [2.05, 4.69) is 32.7 Å². The number of carbonyl (C=O) groups is 1. The first-order valence-corrected chi connectivity index (χ1v) is 7.97. The van der Waals surface area contributed by atoms with Crippen LogP contribution in [0.15, 0.2) is 6.20 Å². The van der Waals surface area contributed by atoms with Gasteiger partial charge in [0, 0.05) is 18.7 Å². The van der Waals surface area contributed by atoms with Crippen LogP contribution >= 0.6 is 0 Å². The quantitative estimate of drug-likeness (QED) is 0.695. The number of pyridine rings is 1. The van der Waals surface area contributed by atoms with Crippen LogP contribution in [0.2, 0.25) is 0 Å². The van der Waals surface area contributed by atoms with Crippen molar-refractivity contribution < 1.29 is 9.53 Å². The summed E-state index contributed by atoms with van der Waals surface area (Å²) in [6.07, 6.45) is 6.11. The molecular weight excluding hydrogens is 262 g/mol. The van der Waals surface area contributed by atoms with Gasteiger partial charge in [0.1, 0.15) is 0 Å². The molecule has 0 amide bonds. The van der Waals surface area contributed by atoms with Gasteiger partial charge in [0.2, 0.25) is 0 Å². The number of nitrogens with zero attached hydrogens (tertiary/aromatic N) is 1. The lowest BCUT2D eigenvalue weighted by Crippen LogP contribution is -2.10. The SMILES string of the molecule is CC(=O)Oc1c(C)ncc(CCC(C)C)c1CCC(C)C. The molecule has 0 N–H and O–H groups in total. The van der Waals surface area contributed by atoms with E-state index in [4.69, 9.17) is 4.74 Å². The first-order chi connectivity index (χ1) is 9.81. The molecular formula is C18H29NO2. The number of aryl methyl sites for hydroxylation is 2. The lowest BCUT2D eigenvalue weighted by atomic mass is 9.94. The normalized spacial score (nSPS) is 11.2. The Morgan fingerprint density at radius 1 is 1.14 bits per heavy atom. The minimum Gasteiger partial charge on any atom is -0.424 e. The highest BCUT2D eigenvalue weighted by Crippen LogP contribution is 2.29. The van der Waals surface area contributed by atoms with E-state index < -0.39 is 0 Å². The van der Waals surface area contributed by atoms with Crippen LogP contribution in [0.3, 0.4) is 0 Å². The van der Waals surface area contributed by atoms with Gasteiger partial charge in [-0.15, -0.1) is 0 Å². The molecule has 1 heterocycles. The molecule has 0 bridgehead atoms. The van der Waals surface area contributed by atoms with Crippen LogP contribution in [0.25, 0.3) is 0 Å². The van der Waals surface area contributed by atoms with E-state index in [1.165, 1.54) is 18.1 Å². The Balaban J connectivity index is 3.12. The van der Waals surface area contributed by atoms with Crippen LogP contribution in [0, 0.1) is 18.8 Å². The van der Waals surface area contributed by atoms with Crippen molar-refractivity contribution in [2.24, 2.45) is 11.8 Å². The summed E-state index contributed by atoms with van der Waals surface area (Å²) in [5.41, 5.74) is 3.20. The third kappa shape index (κ3) is 5.86. The van der Waals surface area contributed by atoms with Gasteiger partial charge < -0.3 is 4.74 Å². The van der Waals surface area contributed by atoms with E-state index in [1.807, 2.05) is 13.1 Å². The zero-order chi connectivity index (χ0) is 16.0. The van der Waals surface area contributed by atoms with Crippen LogP contribution in [0.5, 0.6) is 5.75 Å². The summed E-state index contributed by atoms with van der Waals surface area (Å²) >= 11 is 0. The lowest BCUT2D eigenvalue weighted by molar-refractivity contribution is -0.132. The number of esters is 1. The van der Waals surface area contributed by atoms with Crippen LogP contribution in [-0.4, -0.2) is 11.0 Å². The highest BCUT2D eigenvalue weighted by atomic mass is 16.5. The Kier molecular flexibility index (Phi) is 6.86. The van der Waals surface area contributed by atoms with Crippen molar-refractivity contribution >= 4 is 5.97 Å². The molecule has 118 valence electrons. The lowest BCUT2D eigenvalue weighted by Gasteiger charge is -2.17. The molecule has 21 heavy (non-hydrogen) atoms. The summed E-state index contributed by atoms with van der Waals surface area (Å²) in [5.74, 6) is 1.69. The minimum atomic E-state index is -0.272. The van der Waals surface area contributed by atoms with Crippen LogP contribution < -0.4 is 4.74 Å². The minimum absolute atomic E-state index is 0.272. The summed E-state index contributed by atoms with van der Waals surface area (Å²) in [4.78, 5) is 15.8. The topological polar surface area (TPSA) is 39.2 Å². The molecule has 1 rings (SSSR count). The second-order valence-corrected chi connectivity index (χ2v) is 6.64. The first-order valence-electron chi connectivity index (χ1n) is 7.97. The van der Waals surface area contributed by atoms with Crippen molar-refractivity contribution in [2.45, 2.75) is 67.2 Å². The highest BCUT2D eigenvalue weighted by molar-refractivity contribution is 5.70. The predicted molar refractivity (Wildman–Crippen MR) is 86.6 cm³/mol. The molecule has 1 aromatic rings. The monoisotopic (exact) mass is 291 g/mol.